The Kier molecular flexibility index (Phi) is 3.80. The number of furan rings is 1. The van der Waals surface area contributed by atoms with Gasteiger partial charge in [0.2, 0.25) is 0 Å². The fourth-order valence-electron chi connectivity index (χ4n) is 2.19. The van der Waals surface area contributed by atoms with Gasteiger partial charge in [-0.15, -0.1) is 0 Å². The van der Waals surface area contributed by atoms with Crippen molar-refractivity contribution in [2.75, 3.05) is 0 Å². The molecule has 3 rings (SSSR count). The highest BCUT2D eigenvalue weighted by Gasteiger charge is 2.23. The number of rotatable bonds is 3. The number of benzene rings is 1. The van der Waals surface area contributed by atoms with Crippen LogP contribution in [0, 0.1) is 6.92 Å². The predicted octanol–water partition coefficient (Wildman–Crippen LogP) is 4.55. The van der Waals surface area contributed by atoms with E-state index in [1.807, 2.05) is 0 Å². The Labute approximate surface area is 139 Å². The molecule has 0 aliphatic carbocycles. The average Bonchev–Trinajstić information content (AvgIpc) is 3.03. The van der Waals surface area contributed by atoms with E-state index in [0.29, 0.717) is 27.7 Å². The Morgan fingerprint density at radius 1 is 1.36 bits per heavy atom. The van der Waals surface area contributed by atoms with Gasteiger partial charge in [-0.25, -0.2) is 9.48 Å². The van der Waals surface area contributed by atoms with Gasteiger partial charge in [0.05, 0.1) is 10.2 Å². The van der Waals surface area contributed by atoms with Crippen molar-refractivity contribution in [2.24, 2.45) is 0 Å². The highest BCUT2D eigenvalue weighted by Crippen LogP contribution is 2.31. The Morgan fingerprint density at radius 2 is 2.05 bits per heavy atom. The van der Waals surface area contributed by atoms with Crippen molar-refractivity contribution < 1.29 is 14.3 Å². The van der Waals surface area contributed by atoms with Crippen LogP contribution in [0.1, 0.15) is 16.1 Å². The number of halogens is 2. The van der Waals surface area contributed by atoms with Crippen LogP contribution in [0.5, 0.6) is 0 Å². The molecule has 0 unspecified atom stereocenters. The minimum Gasteiger partial charge on any atom is -0.476 e. The van der Waals surface area contributed by atoms with Crippen LogP contribution >= 0.6 is 27.5 Å². The third kappa shape index (κ3) is 2.55. The van der Waals surface area contributed by atoms with Crippen LogP contribution in [-0.4, -0.2) is 20.9 Å². The molecule has 2 aromatic heterocycles. The lowest BCUT2D eigenvalue weighted by molar-refractivity contribution is 0.0689. The molecule has 0 bridgehead atoms. The second-order valence-electron chi connectivity index (χ2n) is 4.64. The maximum atomic E-state index is 11.4. The Morgan fingerprint density at radius 3 is 2.59 bits per heavy atom. The van der Waals surface area contributed by atoms with E-state index in [1.165, 1.54) is 6.26 Å². The van der Waals surface area contributed by atoms with Crippen LogP contribution in [0.3, 0.4) is 0 Å². The fraction of sp³-hybridized carbons (Fsp3) is 0.0667. The minimum absolute atomic E-state index is 0.0162. The molecule has 0 aliphatic rings. The summed E-state index contributed by atoms with van der Waals surface area (Å²) < 4.78 is 7.79. The zero-order chi connectivity index (χ0) is 15.9. The Bertz CT molecular complexity index is 852. The molecule has 0 spiro atoms. The monoisotopic (exact) mass is 380 g/mol. The zero-order valence-corrected chi connectivity index (χ0v) is 13.7. The Hall–Kier alpha value is -2.05. The van der Waals surface area contributed by atoms with E-state index in [0.717, 1.165) is 4.47 Å². The summed E-state index contributed by atoms with van der Waals surface area (Å²) in [7, 11) is 0. The van der Waals surface area contributed by atoms with Crippen molar-refractivity contribution in [1.82, 2.24) is 9.78 Å². The topological polar surface area (TPSA) is 68.3 Å². The second-order valence-corrected chi connectivity index (χ2v) is 6.00. The molecule has 3 aromatic rings. The first kappa shape index (κ1) is 14.9. The zero-order valence-electron chi connectivity index (χ0n) is 11.4. The summed E-state index contributed by atoms with van der Waals surface area (Å²) in [6.45, 7) is 1.70. The van der Waals surface area contributed by atoms with Gasteiger partial charge < -0.3 is 9.52 Å². The molecule has 0 amide bonds. The Balaban J connectivity index is 2.26. The lowest BCUT2D eigenvalue weighted by atomic mass is 10.1. The van der Waals surface area contributed by atoms with Crippen molar-refractivity contribution in [3.63, 3.8) is 0 Å². The minimum atomic E-state index is -1.09. The molecule has 0 aliphatic heterocycles. The molecule has 112 valence electrons. The van der Waals surface area contributed by atoms with Gasteiger partial charge in [-0.2, -0.15) is 5.10 Å². The molecule has 1 N–H and O–H groups in total. The van der Waals surface area contributed by atoms with Crippen LogP contribution in [-0.2, 0) is 0 Å². The van der Waals surface area contributed by atoms with E-state index in [4.69, 9.17) is 16.0 Å². The van der Waals surface area contributed by atoms with Gasteiger partial charge in [-0.1, -0.05) is 11.6 Å². The first-order valence-corrected chi connectivity index (χ1v) is 7.47. The predicted molar refractivity (Wildman–Crippen MR) is 85.7 cm³/mol. The summed E-state index contributed by atoms with van der Waals surface area (Å²) in [5.74, 6) is -0.559. The van der Waals surface area contributed by atoms with Crippen LogP contribution < -0.4 is 0 Å². The maximum Gasteiger partial charge on any atom is 0.356 e. The molecule has 0 atom stereocenters. The molecule has 7 heteroatoms. The van der Waals surface area contributed by atoms with Crippen molar-refractivity contribution in [2.45, 2.75) is 6.92 Å². The molecule has 22 heavy (non-hydrogen) atoms. The molecule has 0 fully saturated rings. The summed E-state index contributed by atoms with van der Waals surface area (Å²) in [5, 5.41) is 14.1. The van der Waals surface area contributed by atoms with Crippen LogP contribution in [0.4, 0.5) is 0 Å². The van der Waals surface area contributed by atoms with Gasteiger partial charge in [-0.3, -0.25) is 0 Å². The molecule has 0 radical (unpaired) electrons. The highest BCUT2D eigenvalue weighted by molar-refractivity contribution is 9.10. The molecule has 0 saturated heterocycles. The summed E-state index contributed by atoms with van der Waals surface area (Å²) in [6.07, 6.45) is 1.54. The van der Waals surface area contributed by atoms with Crippen molar-refractivity contribution in [3.8, 4) is 17.1 Å². The molecular formula is C15H10BrClN2O3. The number of carboxylic acid groups (broad SMARTS) is 1. The lowest BCUT2D eigenvalue weighted by Crippen LogP contribution is -2.02. The molecule has 1 aromatic carbocycles. The van der Waals surface area contributed by atoms with E-state index in [9.17, 15) is 9.90 Å². The quantitative estimate of drug-likeness (QED) is 0.722. The van der Waals surface area contributed by atoms with Crippen LogP contribution in [0.25, 0.3) is 17.1 Å². The first-order valence-electron chi connectivity index (χ1n) is 6.30. The third-order valence-corrected chi connectivity index (χ3v) is 3.86. The third-order valence-electron chi connectivity index (χ3n) is 3.20. The van der Waals surface area contributed by atoms with Crippen molar-refractivity contribution in [1.29, 1.82) is 0 Å². The number of carbonyl (C=O) groups is 1. The largest absolute Gasteiger partial charge is 0.476 e. The van der Waals surface area contributed by atoms with Crippen molar-refractivity contribution in [3.05, 3.63) is 57.3 Å². The van der Waals surface area contributed by atoms with Gasteiger partial charge in [0.15, 0.2) is 11.5 Å². The van der Waals surface area contributed by atoms with Gasteiger partial charge in [0.1, 0.15) is 12.0 Å². The first-order chi connectivity index (χ1) is 10.5. The van der Waals surface area contributed by atoms with Gasteiger partial charge in [0, 0.05) is 16.7 Å². The lowest BCUT2D eigenvalue weighted by Gasteiger charge is -2.06. The number of aromatic nitrogens is 2. The summed E-state index contributed by atoms with van der Waals surface area (Å²) in [4.78, 5) is 11.4. The van der Waals surface area contributed by atoms with E-state index >= 15 is 0 Å². The summed E-state index contributed by atoms with van der Waals surface area (Å²) in [6, 6.07) is 8.73. The second kappa shape index (κ2) is 5.62. The van der Waals surface area contributed by atoms with Gasteiger partial charge in [-0.05, 0) is 47.1 Å². The maximum absolute atomic E-state index is 11.4. The van der Waals surface area contributed by atoms with E-state index in [2.05, 4.69) is 21.0 Å². The summed E-state index contributed by atoms with van der Waals surface area (Å²) in [5.41, 5.74) is 1.80. The standard InChI is InChI=1S/C15H10BrClN2O3/c1-8-13(15(20)21)18-19(11-4-2-10(17)3-5-11)14(8)12-6-9(16)7-22-12/h2-7H,1H3,(H,20,21). The smallest absolute Gasteiger partial charge is 0.356 e. The number of hydrogen-bond acceptors (Lipinski definition) is 3. The van der Waals surface area contributed by atoms with E-state index < -0.39 is 5.97 Å². The average molecular weight is 382 g/mol. The fourth-order valence-corrected chi connectivity index (χ4v) is 2.62. The number of aromatic carboxylic acids is 1. The molecule has 2 heterocycles. The van der Waals surface area contributed by atoms with Gasteiger partial charge in [0.25, 0.3) is 0 Å². The normalized spacial score (nSPS) is 10.9. The molecular weight excluding hydrogens is 372 g/mol. The van der Waals surface area contributed by atoms with E-state index in [1.54, 1.807) is 41.9 Å². The number of hydrogen-bond donors (Lipinski definition) is 1. The highest BCUT2D eigenvalue weighted by atomic mass is 79.9. The van der Waals surface area contributed by atoms with Crippen LogP contribution in [0.15, 0.2) is 45.5 Å². The van der Waals surface area contributed by atoms with Gasteiger partial charge >= 0.3 is 5.97 Å². The summed E-state index contributed by atoms with van der Waals surface area (Å²) >= 11 is 9.22. The number of nitrogens with zero attached hydrogens (tertiary/aromatic N) is 2. The van der Waals surface area contributed by atoms with Crippen molar-refractivity contribution >= 4 is 33.5 Å². The van der Waals surface area contributed by atoms with E-state index in [-0.39, 0.29) is 5.69 Å². The number of carboxylic acids is 1. The molecule has 5 nitrogen and oxygen atoms in total. The SMILES string of the molecule is Cc1c(C(=O)O)nn(-c2ccc(Cl)cc2)c1-c1cc(Br)co1. The molecule has 0 saturated carbocycles. The van der Waals surface area contributed by atoms with Crippen LogP contribution in [0.2, 0.25) is 5.02 Å².